The molecular weight excluding hydrogens is 989 g/mol. The van der Waals surface area contributed by atoms with Crippen molar-refractivity contribution < 1.29 is 0 Å². The summed E-state index contributed by atoms with van der Waals surface area (Å²) in [6.07, 6.45) is 0. The maximum absolute atomic E-state index is 2.45. The molecule has 0 aliphatic carbocycles. The van der Waals surface area contributed by atoms with Gasteiger partial charge in [-0.2, -0.15) is 0 Å². The Kier molecular flexibility index (Phi) is 13.4. The molecule has 0 aliphatic rings. The van der Waals surface area contributed by atoms with Crippen LogP contribution in [-0.4, -0.2) is 0 Å². The summed E-state index contributed by atoms with van der Waals surface area (Å²) in [6, 6.07) is 124. The Hall–Kier alpha value is -10.8. The van der Waals surface area contributed by atoms with E-state index in [4.69, 9.17) is 0 Å². The number of hydrogen-bond donors (Lipinski definition) is 0. The number of nitrogens with zero attached hydrogens (tertiary/aromatic N) is 2. The first-order chi connectivity index (χ1) is 40.7. The Morgan fingerprint density at radius 1 is 0.146 bits per heavy atom. The maximum Gasteiger partial charge on any atom is 0.0540 e. The van der Waals surface area contributed by atoms with E-state index in [0.29, 0.717) is 0 Å². The van der Waals surface area contributed by atoms with Crippen LogP contribution in [0.1, 0.15) is 0 Å². The Morgan fingerprint density at radius 3 is 0.683 bits per heavy atom. The molecule has 0 unspecified atom stereocenters. The van der Waals surface area contributed by atoms with E-state index in [2.05, 4.69) is 350 Å². The molecule has 0 radical (unpaired) electrons. The van der Waals surface area contributed by atoms with Crippen LogP contribution in [0.25, 0.3) is 99.4 Å². The molecule has 0 amide bonds. The van der Waals surface area contributed by atoms with Gasteiger partial charge in [-0.3, -0.25) is 0 Å². The van der Waals surface area contributed by atoms with Crippen LogP contribution in [-0.2, 0) is 0 Å². The molecule has 0 bridgehead atoms. The summed E-state index contributed by atoms with van der Waals surface area (Å²) >= 11 is 0. The molecule has 386 valence electrons. The van der Waals surface area contributed by atoms with Gasteiger partial charge in [0.25, 0.3) is 0 Å². The van der Waals surface area contributed by atoms with Gasteiger partial charge >= 0.3 is 0 Å². The smallest absolute Gasteiger partial charge is 0.0540 e. The van der Waals surface area contributed by atoms with Gasteiger partial charge < -0.3 is 9.80 Å². The van der Waals surface area contributed by atoms with Gasteiger partial charge in [-0.15, -0.1) is 0 Å². The molecule has 0 aliphatic heterocycles. The molecule has 0 saturated carbocycles. The van der Waals surface area contributed by atoms with Crippen LogP contribution in [0.3, 0.4) is 0 Å². The minimum absolute atomic E-state index is 1.06. The lowest BCUT2D eigenvalue weighted by molar-refractivity contribution is 1.29. The Bertz CT molecular complexity index is 4100. The lowest BCUT2D eigenvalue weighted by Crippen LogP contribution is -2.11. The normalized spacial score (nSPS) is 11.2. The van der Waals surface area contributed by atoms with Crippen molar-refractivity contribution in [1.29, 1.82) is 0 Å². The summed E-state index contributed by atoms with van der Waals surface area (Å²) in [5.74, 6) is 0. The van der Waals surface area contributed by atoms with Crippen LogP contribution in [0, 0.1) is 0 Å². The third kappa shape index (κ3) is 9.80. The molecule has 14 aromatic rings. The van der Waals surface area contributed by atoms with Crippen LogP contribution in [0.4, 0.5) is 34.1 Å². The van der Waals surface area contributed by atoms with Crippen molar-refractivity contribution >= 4 is 55.7 Å². The van der Waals surface area contributed by atoms with E-state index >= 15 is 0 Å². The monoisotopic (exact) mass is 1040 g/mol. The van der Waals surface area contributed by atoms with Crippen molar-refractivity contribution in [3.05, 3.63) is 340 Å². The molecule has 14 aromatic carbocycles. The van der Waals surface area contributed by atoms with Crippen LogP contribution < -0.4 is 9.80 Å². The molecular formula is C80H56N2. The fourth-order valence-corrected chi connectivity index (χ4v) is 11.8. The van der Waals surface area contributed by atoms with E-state index in [-0.39, 0.29) is 0 Å². The van der Waals surface area contributed by atoms with E-state index in [1.165, 1.54) is 66.1 Å². The van der Waals surface area contributed by atoms with Gasteiger partial charge in [-0.25, -0.2) is 0 Å². The second kappa shape index (κ2) is 22.1. The van der Waals surface area contributed by atoms with E-state index in [1.807, 2.05) is 0 Å². The summed E-state index contributed by atoms with van der Waals surface area (Å²) in [6.45, 7) is 0. The van der Waals surface area contributed by atoms with E-state index in [9.17, 15) is 0 Å². The average molecular weight is 1050 g/mol. The fourth-order valence-electron chi connectivity index (χ4n) is 11.8. The van der Waals surface area contributed by atoms with E-state index in [0.717, 1.165) is 67.5 Å². The van der Waals surface area contributed by atoms with Crippen LogP contribution >= 0.6 is 0 Å². The lowest BCUT2D eigenvalue weighted by Gasteiger charge is -2.29. The zero-order chi connectivity index (χ0) is 54.6. The highest BCUT2D eigenvalue weighted by molar-refractivity contribution is 6.08. The van der Waals surface area contributed by atoms with Crippen molar-refractivity contribution in [2.45, 2.75) is 0 Å². The van der Waals surface area contributed by atoms with Gasteiger partial charge in [-0.1, -0.05) is 267 Å². The van der Waals surface area contributed by atoms with Gasteiger partial charge in [0.15, 0.2) is 0 Å². The van der Waals surface area contributed by atoms with Crippen molar-refractivity contribution in [2.24, 2.45) is 0 Å². The third-order valence-corrected chi connectivity index (χ3v) is 15.8. The van der Waals surface area contributed by atoms with Crippen LogP contribution in [0.5, 0.6) is 0 Å². The average Bonchev–Trinajstić information content (AvgIpc) is 3.72. The van der Waals surface area contributed by atoms with Crippen molar-refractivity contribution in [1.82, 2.24) is 0 Å². The zero-order valence-electron chi connectivity index (χ0n) is 45.2. The largest absolute Gasteiger partial charge is 0.310 e. The van der Waals surface area contributed by atoms with E-state index < -0.39 is 0 Å². The molecule has 14 rings (SSSR count). The highest BCUT2D eigenvalue weighted by atomic mass is 15.1. The highest BCUT2D eigenvalue weighted by Gasteiger charge is 2.22. The Balaban J connectivity index is 0.906. The van der Waals surface area contributed by atoms with Gasteiger partial charge in [0.1, 0.15) is 0 Å². The van der Waals surface area contributed by atoms with Crippen molar-refractivity contribution in [3.63, 3.8) is 0 Å². The molecule has 0 heterocycles. The van der Waals surface area contributed by atoms with Crippen LogP contribution in [0.15, 0.2) is 340 Å². The molecule has 2 nitrogen and oxygen atoms in total. The highest BCUT2D eigenvalue weighted by Crippen LogP contribution is 2.47. The SMILES string of the molecule is c1ccc(-c2cc(-c3ccccc3)cc(N(c3ccc(-c4ccc(N(c5cc(-c6ccccc6)cc(-c6ccccc6)c5)c5ccc(-c6ccccc6)c6ccccc56)cc4)cc3)c3ccc(-c4ccccc4)c4ccccc34)c2)cc1. The minimum Gasteiger partial charge on any atom is -0.310 e. The molecule has 0 atom stereocenters. The number of anilines is 6. The summed E-state index contributed by atoms with van der Waals surface area (Å²) in [4.78, 5) is 4.89. The number of hydrogen-bond acceptors (Lipinski definition) is 2. The second-order valence-electron chi connectivity index (χ2n) is 20.9. The summed E-state index contributed by atoms with van der Waals surface area (Å²) in [7, 11) is 0. The maximum atomic E-state index is 2.45. The second-order valence-corrected chi connectivity index (χ2v) is 20.9. The Labute approximate surface area is 480 Å². The van der Waals surface area contributed by atoms with E-state index in [1.54, 1.807) is 0 Å². The molecule has 0 aromatic heterocycles. The van der Waals surface area contributed by atoms with Gasteiger partial charge in [0.2, 0.25) is 0 Å². The topological polar surface area (TPSA) is 6.48 Å². The summed E-state index contributed by atoms with van der Waals surface area (Å²) in [5, 5.41) is 4.75. The fraction of sp³-hybridized carbons (Fsp3) is 0. The van der Waals surface area contributed by atoms with Crippen molar-refractivity contribution in [3.8, 4) is 77.9 Å². The van der Waals surface area contributed by atoms with Crippen molar-refractivity contribution in [2.75, 3.05) is 9.80 Å². The van der Waals surface area contributed by atoms with Gasteiger partial charge in [-0.05, 0) is 161 Å². The molecule has 2 heteroatoms. The summed E-state index contributed by atoms with van der Waals surface area (Å²) < 4.78 is 0. The predicted octanol–water partition coefficient (Wildman–Crippen LogP) is 22.6. The number of benzene rings is 14. The molecule has 0 N–H and O–H groups in total. The standard InChI is InChI=1S/C80H56N2/c1-7-23-57(24-8-1)65-51-66(58-25-9-2-10-26-58)54-71(53-65)81(79-49-47-73(63-31-15-5-16-32-63)75-35-19-21-37-77(75)79)69-43-39-61(40-44-69)62-41-45-70(46-42-62)82(80-50-48-74(64-33-17-6-18-34-64)76-36-20-22-38-78(76)80)72-55-67(59-27-11-3-12-28-59)52-68(56-72)60-29-13-4-14-30-60/h1-56H. The molecule has 0 saturated heterocycles. The molecule has 0 spiro atoms. The first kappa shape index (κ1) is 49.5. The third-order valence-electron chi connectivity index (χ3n) is 15.8. The molecule has 0 fully saturated rings. The number of rotatable bonds is 13. The predicted molar refractivity (Wildman–Crippen MR) is 349 cm³/mol. The number of fused-ring (bicyclic) bond motifs is 2. The quantitative estimate of drug-likeness (QED) is 0.114. The first-order valence-corrected chi connectivity index (χ1v) is 28.1. The van der Waals surface area contributed by atoms with Gasteiger partial charge in [0.05, 0.1) is 11.4 Å². The first-order valence-electron chi connectivity index (χ1n) is 28.1. The summed E-state index contributed by atoms with van der Waals surface area (Å²) in [5.41, 5.74) is 22.8. The lowest BCUT2D eigenvalue weighted by atomic mass is 9.94. The zero-order valence-corrected chi connectivity index (χ0v) is 45.2. The van der Waals surface area contributed by atoms with Gasteiger partial charge in [0, 0.05) is 33.5 Å². The molecule has 82 heavy (non-hydrogen) atoms. The Morgan fingerprint density at radius 2 is 0.390 bits per heavy atom. The van der Waals surface area contributed by atoms with Crippen LogP contribution in [0.2, 0.25) is 0 Å². The minimum atomic E-state index is 1.06.